The number of aliphatic hydroxyl groups is 1. The maximum absolute atomic E-state index is 11.2. The topological polar surface area (TPSA) is 109 Å². The average molecular weight is 279 g/mol. The fourth-order valence-electron chi connectivity index (χ4n) is 2.40. The summed E-state index contributed by atoms with van der Waals surface area (Å²) in [7, 11) is 0. The molecule has 1 aromatic heterocycles. The summed E-state index contributed by atoms with van der Waals surface area (Å²) in [6.07, 6.45) is 0.960. The average Bonchev–Trinajstić information content (AvgIpc) is 2.65. The molecule has 1 aromatic rings. The van der Waals surface area contributed by atoms with Gasteiger partial charge in [-0.15, -0.1) is 0 Å². The number of carbonyl (C=O) groups is 1. The Morgan fingerprint density at radius 1 is 1.30 bits per heavy atom. The smallest absolute Gasteiger partial charge is 0.267 e. The summed E-state index contributed by atoms with van der Waals surface area (Å²) >= 11 is 0. The molecular formula is C13H21N5O2. The van der Waals surface area contributed by atoms with Crippen LogP contribution in [-0.2, 0) is 0 Å². The van der Waals surface area contributed by atoms with Crippen LogP contribution in [0.2, 0.25) is 0 Å². The maximum Gasteiger partial charge on any atom is 0.267 e. The first kappa shape index (κ1) is 14.5. The van der Waals surface area contributed by atoms with E-state index in [9.17, 15) is 4.79 Å². The number of hydrogen-bond donors (Lipinski definition) is 3. The molecule has 1 fully saturated rings. The Labute approximate surface area is 118 Å². The number of hydrogen-bond acceptors (Lipinski definition) is 6. The summed E-state index contributed by atoms with van der Waals surface area (Å²) in [6.45, 7) is 4.20. The van der Waals surface area contributed by atoms with Crippen molar-refractivity contribution in [3.05, 3.63) is 17.8 Å². The molecule has 2 heterocycles. The van der Waals surface area contributed by atoms with Gasteiger partial charge in [-0.1, -0.05) is 0 Å². The van der Waals surface area contributed by atoms with Crippen molar-refractivity contribution in [2.24, 2.45) is 5.73 Å². The number of pyridine rings is 1. The number of primary amides is 1. The van der Waals surface area contributed by atoms with Crippen molar-refractivity contribution >= 4 is 17.4 Å². The van der Waals surface area contributed by atoms with Crippen LogP contribution in [0.3, 0.4) is 0 Å². The molecule has 110 valence electrons. The van der Waals surface area contributed by atoms with Gasteiger partial charge in [0.1, 0.15) is 5.69 Å². The molecule has 0 spiro atoms. The van der Waals surface area contributed by atoms with E-state index in [2.05, 4.69) is 14.8 Å². The van der Waals surface area contributed by atoms with E-state index in [1.54, 1.807) is 6.07 Å². The van der Waals surface area contributed by atoms with Gasteiger partial charge in [-0.25, -0.2) is 4.98 Å². The van der Waals surface area contributed by atoms with Crippen LogP contribution in [-0.4, -0.2) is 60.2 Å². The zero-order valence-electron chi connectivity index (χ0n) is 11.5. The van der Waals surface area contributed by atoms with E-state index < -0.39 is 5.91 Å². The number of β-amino-alcohol motifs (C(OH)–C–C–N with tert-alkyl or cyclic N) is 1. The highest BCUT2D eigenvalue weighted by Crippen LogP contribution is 2.22. The van der Waals surface area contributed by atoms with Crippen molar-refractivity contribution < 1.29 is 9.90 Å². The number of amides is 1. The number of carbonyl (C=O) groups excluding carboxylic acids is 1. The molecular weight excluding hydrogens is 258 g/mol. The number of nitrogens with two attached hydrogens (primary N) is 2. The Morgan fingerprint density at radius 3 is 2.80 bits per heavy atom. The highest BCUT2D eigenvalue weighted by Gasteiger charge is 2.18. The van der Waals surface area contributed by atoms with Gasteiger partial charge in [-0.3, -0.25) is 9.69 Å². The molecule has 20 heavy (non-hydrogen) atoms. The molecule has 1 amide bonds. The molecule has 0 unspecified atom stereocenters. The molecule has 0 radical (unpaired) electrons. The first-order valence-electron chi connectivity index (χ1n) is 6.76. The molecule has 0 aliphatic carbocycles. The SMILES string of the molecule is NC(=O)c1ccc(N)c(N2CCCN(CCO)CC2)n1. The molecule has 0 bridgehead atoms. The Kier molecular flexibility index (Phi) is 4.75. The summed E-state index contributed by atoms with van der Waals surface area (Å²) < 4.78 is 0. The number of rotatable bonds is 4. The van der Waals surface area contributed by atoms with Crippen LogP contribution in [0, 0.1) is 0 Å². The first-order chi connectivity index (χ1) is 9.61. The molecule has 0 aromatic carbocycles. The van der Waals surface area contributed by atoms with Gasteiger partial charge in [0.25, 0.3) is 5.91 Å². The van der Waals surface area contributed by atoms with Crippen molar-refractivity contribution in [1.29, 1.82) is 0 Å². The second-order valence-electron chi connectivity index (χ2n) is 4.88. The van der Waals surface area contributed by atoms with Crippen LogP contribution in [0.25, 0.3) is 0 Å². The summed E-state index contributed by atoms with van der Waals surface area (Å²) in [5, 5.41) is 9.00. The minimum Gasteiger partial charge on any atom is -0.396 e. The summed E-state index contributed by atoms with van der Waals surface area (Å²) in [5.74, 6) is 0.0649. The molecule has 1 saturated heterocycles. The second kappa shape index (κ2) is 6.53. The second-order valence-corrected chi connectivity index (χ2v) is 4.88. The van der Waals surface area contributed by atoms with Gasteiger partial charge in [0.2, 0.25) is 0 Å². The van der Waals surface area contributed by atoms with Crippen LogP contribution >= 0.6 is 0 Å². The highest BCUT2D eigenvalue weighted by molar-refractivity contribution is 5.91. The largest absolute Gasteiger partial charge is 0.396 e. The van der Waals surface area contributed by atoms with E-state index in [0.717, 1.165) is 32.6 Å². The molecule has 5 N–H and O–H groups in total. The van der Waals surface area contributed by atoms with E-state index in [4.69, 9.17) is 16.6 Å². The Balaban J connectivity index is 2.14. The standard InChI is InChI=1S/C13H21N5O2/c14-10-2-3-11(12(15)20)16-13(10)18-5-1-4-17(6-7-18)8-9-19/h2-3,19H,1,4-9,14H2,(H2,15,20). The number of nitrogens with zero attached hydrogens (tertiary/aromatic N) is 3. The quantitative estimate of drug-likeness (QED) is 0.670. The van der Waals surface area contributed by atoms with E-state index in [-0.39, 0.29) is 12.3 Å². The molecule has 7 nitrogen and oxygen atoms in total. The van der Waals surface area contributed by atoms with Crippen LogP contribution in [0.15, 0.2) is 12.1 Å². The fraction of sp³-hybridized carbons (Fsp3) is 0.538. The van der Waals surface area contributed by atoms with E-state index >= 15 is 0 Å². The summed E-state index contributed by atoms with van der Waals surface area (Å²) in [6, 6.07) is 3.20. The van der Waals surface area contributed by atoms with Crippen molar-refractivity contribution in [3.8, 4) is 0 Å². The number of nitrogen functional groups attached to an aromatic ring is 1. The van der Waals surface area contributed by atoms with Crippen LogP contribution in [0.1, 0.15) is 16.9 Å². The van der Waals surface area contributed by atoms with Crippen LogP contribution in [0.4, 0.5) is 11.5 Å². The lowest BCUT2D eigenvalue weighted by Gasteiger charge is -2.23. The zero-order valence-corrected chi connectivity index (χ0v) is 11.5. The van der Waals surface area contributed by atoms with Gasteiger partial charge in [0.05, 0.1) is 12.3 Å². The lowest BCUT2D eigenvalue weighted by molar-refractivity contribution is 0.0995. The third kappa shape index (κ3) is 3.37. The lowest BCUT2D eigenvalue weighted by atomic mass is 10.3. The van der Waals surface area contributed by atoms with E-state index in [1.807, 2.05) is 0 Å². The third-order valence-electron chi connectivity index (χ3n) is 3.46. The Bertz CT molecular complexity index is 480. The van der Waals surface area contributed by atoms with Crippen LogP contribution < -0.4 is 16.4 Å². The predicted molar refractivity (Wildman–Crippen MR) is 77.5 cm³/mol. The Hall–Kier alpha value is -1.86. The number of aliphatic hydroxyl groups excluding tert-OH is 1. The van der Waals surface area contributed by atoms with Crippen molar-refractivity contribution in [2.75, 3.05) is 50.0 Å². The minimum atomic E-state index is -0.553. The first-order valence-corrected chi connectivity index (χ1v) is 6.76. The number of aromatic nitrogens is 1. The summed E-state index contributed by atoms with van der Waals surface area (Å²) in [5.41, 5.74) is 12.0. The molecule has 1 aliphatic rings. The van der Waals surface area contributed by atoms with Crippen molar-refractivity contribution in [2.45, 2.75) is 6.42 Å². The van der Waals surface area contributed by atoms with Gasteiger partial charge in [-0.05, 0) is 25.1 Å². The van der Waals surface area contributed by atoms with E-state index in [0.29, 0.717) is 18.1 Å². The van der Waals surface area contributed by atoms with Crippen LogP contribution in [0.5, 0.6) is 0 Å². The monoisotopic (exact) mass is 279 g/mol. The number of anilines is 2. The normalized spacial score (nSPS) is 16.9. The van der Waals surface area contributed by atoms with Gasteiger partial charge >= 0.3 is 0 Å². The summed E-state index contributed by atoms with van der Waals surface area (Å²) in [4.78, 5) is 19.8. The fourth-order valence-corrected chi connectivity index (χ4v) is 2.40. The molecule has 2 rings (SSSR count). The predicted octanol–water partition coefficient (Wildman–Crippen LogP) is -0.733. The van der Waals surface area contributed by atoms with Gasteiger partial charge in [-0.2, -0.15) is 0 Å². The molecule has 1 aliphatic heterocycles. The lowest BCUT2D eigenvalue weighted by Crippen LogP contribution is -2.33. The van der Waals surface area contributed by atoms with Gasteiger partial charge < -0.3 is 21.5 Å². The van der Waals surface area contributed by atoms with Gasteiger partial charge in [0, 0.05) is 26.2 Å². The molecule has 0 atom stereocenters. The minimum absolute atomic E-state index is 0.164. The van der Waals surface area contributed by atoms with Crippen molar-refractivity contribution in [1.82, 2.24) is 9.88 Å². The third-order valence-corrected chi connectivity index (χ3v) is 3.46. The van der Waals surface area contributed by atoms with Gasteiger partial charge in [0.15, 0.2) is 5.82 Å². The van der Waals surface area contributed by atoms with E-state index in [1.165, 1.54) is 6.07 Å². The highest BCUT2D eigenvalue weighted by atomic mass is 16.3. The maximum atomic E-state index is 11.2. The molecule has 7 heteroatoms. The Morgan fingerprint density at radius 2 is 2.10 bits per heavy atom. The van der Waals surface area contributed by atoms with Crippen molar-refractivity contribution in [3.63, 3.8) is 0 Å². The zero-order chi connectivity index (χ0) is 14.5. The molecule has 0 saturated carbocycles.